The highest BCUT2D eigenvalue weighted by Gasteiger charge is 2.31. The van der Waals surface area contributed by atoms with Crippen LogP contribution in [0.15, 0.2) is 36.5 Å². The molecule has 0 radical (unpaired) electrons. The van der Waals surface area contributed by atoms with Crippen molar-refractivity contribution in [3.8, 4) is 11.8 Å². The third-order valence-corrected chi connectivity index (χ3v) is 3.18. The van der Waals surface area contributed by atoms with Crippen molar-refractivity contribution in [2.75, 3.05) is 7.05 Å². The summed E-state index contributed by atoms with van der Waals surface area (Å²) in [6, 6.07) is 7.19. The van der Waals surface area contributed by atoms with Crippen LogP contribution in [0.25, 0.3) is 5.69 Å². The average molecular weight is 336 g/mol. The van der Waals surface area contributed by atoms with Crippen LogP contribution in [0.5, 0.6) is 0 Å². The van der Waals surface area contributed by atoms with Crippen molar-refractivity contribution in [3.63, 3.8) is 0 Å². The highest BCUT2D eigenvalue weighted by molar-refractivity contribution is 6.11. The Bertz CT molecular complexity index is 821. The lowest BCUT2D eigenvalue weighted by atomic mass is 10.0. The molecular formula is C15H11F3N4O2. The monoisotopic (exact) mass is 336 g/mol. The van der Waals surface area contributed by atoms with Gasteiger partial charge in [0.15, 0.2) is 5.92 Å². The van der Waals surface area contributed by atoms with Crippen LogP contribution < -0.4 is 5.32 Å². The normalized spacial score (nSPS) is 12.3. The molecule has 124 valence electrons. The number of halogens is 3. The average Bonchev–Trinajstić information content (AvgIpc) is 3.04. The molecule has 2 aromatic rings. The van der Waals surface area contributed by atoms with E-state index in [1.807, 2.05) is 0 Å². The molecule has 0 aliphatic rings. The zero-order chi connectivity index (χ0) is 17.9. The van der Waals surface area contributed by atoms with Crippen molar-refractivity contribution in [1.29, 1.82) is 5.26 Å². The molecule has 6 nitrogen and oxygen atoms in total. The molecule has 1 amide bonds. The molecule has 0 fully saturated rings. The number of rotatable bonds is 4. The maximum absolute atomic E-state index is 12.7. The summed E-state index contributed by atoms with van der Waals surface area (Å²) >= 11 is 0. The van der Waals surface area contributed by atoms with Crippen LogP contribution in [-0.2, 0) is 11.0 Å². The Morgan fingerprint density at radius 1 is 1.33 bits per heavy atom. The molecule has 0 aliphatic heterocycles. The molecule has 0 spiro atoms. The zero-order valence-electron chi connectivity index (χ0n) is 12.3. The number of amides is 1. The van der Waals surface area contributed by atoms with Crippen LogP contribution in [0.4, 0.5) is 13.2 Å². The van der Waals surface area contributed by atoms with Gasteiger partial charge in [-0.05, 0) is 24.3 Å². The van der Waals surface area contributed by atoms with E-state index < -0.39 is 29.3 Å². The highest BCUT2D eigenvalue weighted by atomic mass is 19.4. The first-order valence-corrected chi connectivity index (χ1v) is 6.66. The van der Waals surface area contributed by atoms with Crippen LogP contribution >= 0.6 is 0 Å². The van der Waals surface area contributed by atoms with Crippen molar-refractivity contribution in [2.24, 2.45) is 5.92 Å². The molecule has 0 bridgehead atoms. The van der Waals surface area contributed by atoms with E-state index in [2.05, 4.69) is 10.4 Å². The van der Waals surface area contributed by atoms with E-state index in [0.717, 1.165) is 16.8 Å². The Kier molecular flexibility index (Phi) is 4.69. The van der Waals surface area contributed by atoms with Gasteiger partial charge < -0.3 is 5.32 Å². The predicted molar refractivity (Wildman–Crippen MR) is 76.1 cm³/mol. The molecule has 0 aliphatic carbocycles. The SMILES string of the molecule is CNC(=O)C(C#N)C(=O)c1ccn(-c2cccc(C(F)(F)F)c2)n1. The maximum atomic E-state index is 12.7. The van der Waals surface area contributed by atoms with Gasteiger partial charge in [0.1, 0.15) is 5.69 Å². The number of carbonyl (C=O) groups is 2. The summed E-state index contributed by atoms with van der Waals surface area (Å²) in [4.78, 5) is 23.6. The molecule has 0 saturated carbocycles. The smallest absolute Gasteiger partial charge is 0.358 e. The van der Waals surface area contributed by atoms with Gasteiger partial charge in [0.25, 0.3) is 0 Å². The Balaban J connectivity index is 2.33. The Morgan fingerprint density at radius 3 is 2.62 bits per heavy atom. The number of aromatic nitrogens is 2. The molecule has 1 N–H and O–H groups in total. The number of hydrogen-bond acceptors (Lipinski definition) is 4. The van der Waals surface area contributed by atoms with Gasteiger partial charge in [0.05, 0.1) is 17.3 Å². The fraction of sp³-hybridized carbons (Fsp3) is 0.200. The summed E-state index contributed by atoms with van der Waals surface area (Å²) in [5.74, 6) is -3.18. The van der Waals surface area contributed by atoms with E-state index in [1.54, 1.807) is 6.07 Å². The molecule has 9 heteroatoms. The number of alkyl halides is 3. The van der Waals surface area contributed by atoms with Gasteiger partial charge in [-0.25, -0.2) is 4.68 Å². The second-order valence-corrected chi connectivity index (χ2v) is 4.73. The van der Waals surface area contributed by atoms with Crippen molar-refractivity contribution in [2.45, 2.75) is 6.18 Å². The zero-order valence-corrected chi connectivity index (χ0v) is 12.3. The molecule has 1 aromatic carbocycles. The standard InChI is InChI=1S/C15H11F3N4O2/c1-20-14(24)11(8-19)13(23)12-5-6-22(21-12)10-4-2-3-9(7-10)15(16,17)18/h2-7,11H,1H3,(H,20,24). The summed E-state index contributed by atoms with van der Waals surface area (Å²) in [6.07, 6.45) is -3.23. The van der Waals surface area contributed by atoms with Crippen LogP contribution in [0.2, 0.25) is 0 Å². The molecule has 1 aromatic heterocycles. The van der Waals surface area contributed by atoms with E-state index in [-0.39, 0.29) is 11.4 Å². The number of nitriles is 1. The van der Waals surface area contributed by atoms with Crippen LogP contribution in [-0.4, -0.2) is 28.5 Å². The lowest BCUT2D eigenvalue weighted by Gasteiger charge is -2.08. The Labute approximate surface area is 134 Å². The Morgan fingerprint density at radius 2 is 2.04 bits per heavy atom. The van der Waals surface area contributed by atoms with Crippen LogP contribution in [0, 0.1) is 17.2 Å². The van der Waals surface area contributed by atoms with Gasteiger partial charge in [0.2, 0.25) is 11.7 Å². The third kappa shape index (κ3) is 3.43. The van der Waals surface area contributed by atoms with E-state index in [1.165, 1.54) is 31.4 Å². The summed E-state index contributed by atoms with van der Waals surface area (Å²) in [7, 11) is 1.28. The molecular weight excluding hydrogens is 325 g/mol. The number of nitrogens with one attached hydrogen (secondary N) is 1. The highest BCUT2D eigenvalue weighted by Crippen LogP contribution is 2.30. The summed E-state index contributed by atoms with van der Waals surface area (Å²) in [6.45, 7) is 0. The first kappa shape index (κ1) is 17.2. The Hall–Kier alpha value is -3.15. The summed E-state index contributed by atoms with van der Waals surface area (Å²) in [5.41, 5.74) is -0.955. The second-order valence-electron chi connectivity index (χ2n) is 4.73. The minimum Gasteiger partial charge on any atom is -0.358 e. The number of hydrogen-bond donors (Lipinski definition) is 1. The number of Topliss-reactive ketones (excluding diaryl/α,β-unsaturated/α-hetero) is 1. The largest absolute Gasteiger partial charge is 0.416 e. The van der Waals surface area contributed by atoms with Crippen molar-refractivity contribution < 1.29 is 22.8 Å². The third-order valence-electron chi connectivity index (χ3n) is 3.18. The van der Waals surface area contributed by atoms with E-state index in [9.17, 15) is 22.8 Å². The second kappa shape index (κ2) is 6.54. The van der Waals surface area contributed by atoms with Gasteiger partial charge >= 0.3 is 6.18 Å². The summed E-state index contributed by atoms with van der Waals surface area (Å²) < 4.78 is 39.3. The number of ketones is 1. The number of benzene rings is 1. The molecule has 24 heavy (non-hydrogen) atoms. The first-order valence-electron chi connectivity index (χ1n) is 6.66. The fourth-order valence-electron chi connectivity index (χ4n) is 1.95. The van der Waals surface area contributed by atoms with Crippen molar-refractivity contribution in [3.05, 3.63) is 47.8 Å². The minimum absolute atomic E-state index is 0.0947. The summed E-state index contributed by atoms with van der Waals surface area (Å²) in [5, 5.41) is 15.0. The fourth-order valence-corrected chi connectivity index (χ4v) is 1.95. The van der Waals surface area contributed by atoms with Crippen molar-refractivity contribution in [1.82, 2.24) is 15.1 Å². The molecule has 1 atom stereocenters. The van der Waals surface area contributed by atoms with Crippen LogP contribution in [0.1, 0.15) is 16.1 Å². The van der Waals surface area contributed by atoms with Gasteiger partial charge in [-0.15, -0.1) is 0 Å². The van der Waals surface area contributed by atoms with Gasteiger partial charge in [-0.1, -0.05) is 6.07 Å². The topological polar surface area (TPSA) is 87.8 Å². The first-order chi connectivity index (χ1) is 11.3. The predicted octanol–water partition coefficient (Wildman–Crippen LogP) is 1.96. The maximum Gasteiger partial charge on any atom is 0.416 e. The number of nitrogens with zero attached hydrogens (tertiary/aromatic N) is 3. The van der Waals surface area contributed by atoms with E-state index in [4.69, 9.17) is 5.26 Å². The van der Waals surface area contributed by atoms with Crippen LogP contribution in [0.3, 0.4) is 0 Å². The van der Waals surface area contributed by atoms with Gasteiger partial charge in [-0.3, -0.25) is 9.59 Å². The van der Waals surface area contributed by atoms with Gasteiger partial charge in [-0.2, -0.15) is 23.5 Å². The minimum atomic E-state index is -4.51. The quantitative estimate of drug-likeness (QED) is 0.683. The van der Waals surface area contributed by atoms with Crippen molar-refractivity contribution >= 4 is 11.7 Å². The van der Waals surface area contributed by atoms with E-state index in [0.29, 0.717) is 0 Å². The lowest BCUT2D eigenvalue weighted by molar-refractivity contribution is -0.137. The molecule has 1 heterocycles. The van der Waals surface area contributed by atoms with E-state index >= 15 is 0 Å². The molecule has 0 saturated heterocycles. The molecule has 1 unspecified atom stereocenters. The molecule has 2 rings (SSSR count). The van der Waals surface area contributed by atoms with Gasteiger partial charge in [0, 0.05) is 13.2 Å². The lowest BCUT2D eigenvalue weighted by Crippen LogP contribution is -2.32. The number of carbonyl (C=O) groups excluding carboxylic acids is 2.